The van der Waals surface area contributed by atoms with Crippen LogP contribution in [0.15, 0.2) is 0 Å². The Bertz CT molecular complexity index is 412. The SMILES string of the molecule is CC(C)[C@H](N)C(=O)NC1CCCC2C1NC(=O)[C@@H](N)C2C. The highest BCUT2D eigenvalue weighted by atomic mass is 16.2. The Morgan fingerprint density at radius 1 is 1.38 bits per heavy atom. The molecule has 1 heterocycles. The van der Waals surface area contributed by atoms with E-state index in [1.165, 1.54) is 0 Å². The fraction of sp³-hybridized carbons (Fsp3) is 0.867. The van der Waals surface area contributed by atoms with E-state index in [1.54, 1.807) is 0 Å². The van der Waals surface area contributed by atoms with Crippen molar-refractivity contribution in [1.29, 1.82) is 0 Å². The Balaban J connectivity index is 2.07. The molecule has 0 aromatic heterocycles. The number of nitrogens with one attached hydrogen (secondary N) is 2. The second-order valence-corrected chi connectivity index (χ2v) is 6.90. The number of nitrogens with two attached hydrogens (primary N) is 2. The lowest BCUT2D eigenvalue weighted by molar-refractivity contribution is -0.131. The smallest absolute Gasteiger partial charge is 0.237 e. The minimum absolute atomic E-state index is 0.0237. The van der Waals surface area contributed by atoms with Crippen molar-refractivity contribution in [1.82, 2.24) is 10.6 Å². The third-order valence-electron chi connectivity index (χ3n) is 5.15. The fourth-order valence-corrected chi connectivity index (χ4v) is 3.54. The van der Waals surface area contributed by atoms with Gasteiger partial charge in [-0.2, -0.15) is 0 Å². The average Bonchev–Trinajstić information content (AvgIpc) is 2.44. The fourth-order valence-electron chi connectivity index (χ4n) is 3.54. The second-order valence-electron chi connectivity index (χ2n) is 6.90. The lowest BCUT2D eigenvalue weighted by Crippen LogP contribution is -2.67. The molecule has 0 bridgehead atoms. The lowest BCUT2D eigenvalue weighted by atomic mass is 9.69. The van der Waals surface area contributed by atoms with E-state index in [0.29, 0.717) is 5.92 Å². The maximum atomic E-state index is 12.2. The van der Waals surface area contributed by atoms with Gasteiger partial charge in [-0.25, -0.2) is 0 Å². The van der Waals surface area contributed by atoms with Crippen LogP contribution in [0.4, 0.5) is 0 Å². The molecule has 21 heavy (non-hydrogen) atoms. The molecular weight excluding hydrogens is 268 g/mol. The molecule has 0 aromatic carbocycles. The molecule has 1 saturated heterocycles. The van der Waals surface area contributed by atoms with Gasteiger partial charge in [-0.1, -0.05) is 27.2 Å². The van der Waals surface area contributed by atoms with E-state index in [-0.39, 0.29) is 35.7 Å². The van der Waals surface area contributed by atoms with Crippen LogP contribution < -0.4 is 22.1 Å². The number of rotatable bonds is 3. The molecule has 1 saturated carbocycles. The van der Waals surface area contributed by atoms with Crippen molar-refractivity contribution in [2.75, 3.05) is 0 Å². The Morgan fingerprint density at radius 3 is 2.67 bits per heavy atom. The molecule has 120 valence electrons. The van der Waals surface area contributed by atoms with Crippen LogP contribution in [0.3, 0.4) is 0 Å². The van der Waals surface area contributed by atoms with Gasteiger partial charge in [-0.15, -0.1) is 0 Å². The van der Waals surface area contributed by atoms with Gasteiger partial charge in [0.15, 0.2) is 0 Å². The Kier molecular flexibility index (Phi) is 4.88. The van der Waals surface area contributed by atoms with Crippen molar-refractivity contribution in [2.24, 2.45) is 29.2 Å². The highest BCUT2D eigenvalue weighted by molar-refractivity contribution is 5.84. The third-order valence-corrected chi connectivity index (χ3v) is 5.15. The summed E-state index contributed by atoms with van der Waals surface area (Å²) in [7, 11) is 0. The summed E-state index contributed by atoms with van der Waals surface area (Å²) >= 11 is 0. The number of hydrogen-bond acceptors (Lipinski definition) is 4. The first-order valence-corrected chi connectivity index (χ1v) is 7.94. The van der Waals surface area contributed by atoms with Gasteiger partial charge in [0.05, 0.1) is 18.1 Å². The Morgan fingerprint density at radius 2 is 2.05 bits per heavy atom. The van der Waals surface area contributed by atoms with Crippen LogP contribution in [-0.4, -0.2) is 36.0 Å². The van der Waals surface area contributed by atoms with Crippen molar-refractivity contribution < 1.29 is 9.59 Å². The summed E-state index contributed by atoms with van der Waals surface area (Å²) in [6.07, 6.45) is 2.96. The third kappa shape index (κ3) is 3.21. The molecule has 1 aliphatic heterocycles. The van der Waals surface area contributed by atoms with Gasteiger partial charge >= 0.3 is 0 Å². The quantitative estimate of drug-likeness (QED) is 0.574. The molecule has 2 amide bonds. The summed E-state index contributed by atoms with van der Waals surface area (Å²) < 4.78 is 0. The zero-order valence-corrected chi connectivity index (χ0v) is 13.1. The number of amides is 2. The first-order valence-electron chi connectivity index (χ1n) is 7.94. The predicted octanol–water partition coefficient (Wildman–Crippen LogP) is -0.284. The lowest BCUT2D eigenvalue weighted by Gasteiger charge is -2.47. The van der Waals surface area contributed by atoms with E-state index in [0.717, 1.165) is 19.3 Å². The number of carbonyl (C=O) groups is 2. The number of piperidine rings is 1. The molecule has 2 aliphatic rings. The van der Waals surface area contributed by atoms with Gasteiger partial charge in [-0.3, -0.25) is 9.59 Å². The minimum atomic E-state index is -0.510. The average molecular weight is 296 g/mol. The molecule has 6 atom stereocenters. The highest BCUT2D eigenvalue weighted by Gasteiger charge is 2.45. The van der Waals surface area contributed by atoms with Gasteiger partial charge in [0.2, 0.25) is 11.8 Å². The Labute approximate surface area is 126 Å². The highest BCUT2D eigenvalue weighted by Crippen LogP contribution is 2.34. The summed E-state index contributed by atoms with van der Waals surface area (Å²) in [5.74, 6) is 0.317. The van der Waals surface area contributed by atoms with Gasteiger partial charge in [0.1, 0.15) is 0 Å². The van der Waals surface area contributed by atoms with E-state index >= 15 is 0 Å². The van der Waals surface area contributed by atoms with Crippen LogP contribution in [-0.2, 0) is 9.59 Å². The molecule has 0 aromatic rings. The summed E-state index contributed by atoms with van der Waals surface area (Å²) in [4.78, 5) is 24.1. The van der Waals surface area contributed by atoms with Crippen LogP contribution >= 0.6 is 0 Å². The minimum Gasteiger partial charge on any atom is -0.350 e. The van der Waals surface area contributed by atoms with Crippen molar-refractivity contribution in [3.8, 4) is 0 Å². The first-order chi connectivity index (χ1) is 9.82. The largest absolute Gasteiger partial charge is 0.350 e. The van der Waals surface area contributed by atoms with Gasteiger partial charge in [0, 0.05) is 6.04 Å². The molecule has 6 nitrogen and oxygen atoms in total. The first kappa shape index (κ1) is 16.2. The number of carbonyl (C=O) groups excluding carboxylic acids is 2. The molecule has 6 heteroatoms. The zero-order chi connectivity index (χ0) is 15.7. The molecular formula is C15H28N4O2. The zero-order valence-electron chi connectivity index (χ0n) is 13.1. The molecule has 6 N–H and O–H groups in total. The monoisotopic (exact) mass is 296 g/mol. The standard InChI is InChI=1S/C15H28N4O2/c1-7(2)11(16)14(20)18-10-6-4-5-9-8(3)12(17)15(21)19-13(9)10/h7-13H,4-6,16-17H2,1-3H3,(H,18,20)(H,19,21)/t8?,9?,10?,11-,12-,13?/m0/s1. The van der Waals surface area contributed by atoms with Crippen LogP contribution in [0.1, 0.15) is 40.0 Å². The number of fused-ring (bicyclic) bond motifs is 1. The van der Waals surface area contributed by atoms with Crippen LogP contribution in [0, 0.1) is 17.8 Å². The van der Waals surface area contributed by atoms with E-state index in [4.69, 9.17) is 11.5 Å². The van der Waals surface area contributed by atoms with Gasteiger partial charge < -0.3 is 22.1 Å². The van der Waals surface area contributed by atoms with Crippen molar-refractivity contribution in [3.05, 3.63) is 0 Å². The molecule has 0 radical (unpaired) electrons. The summed E-state index contributed by atoms with van der Waals surface area (Å²) in [6, 6.07) is -1.02. The van der Waals surface area contributed by atoms with Crippen LogP contribution in [0.5, 0.6) is 0 Å². The van der Waals surface area contributed by atoms with Crippen molar-refractivity contribution in [3.63, 3.8) is 0 Å². The summed E-state index contributed by atoms with van der Waals surface area (Å²) in [5.41, 5.74) is 11.8. The molecule has 1 aliphatic carbocycles. The molecule has 0 spiro atoms. The van der Waals surface area contributed by atoms with Gasteiger partial charge in [0.25, 0.3) is 0 Å². The second kappa shape index (κ2) is 6.32. The van der Waals surface area contributed by atoms with Crippen LogP contribution in [0.2, 0.25) is 0 Å². The van der Waals surface area contributed by atoms with Crippen LogP contribution in [0.25, 0.3) is 0 Å². The number of hydrogen-bond donors (Lipinski definition) is 4. The maximum absolute atomic E-state index is 12.2. The van der Waals surface area contributed by atoms with Gasteiger partial charge in [-0.05, 0) is 30.6 Å². The van der Waals surface area contributed by atoms with E-state index < -0.39 is 12.1 Å². The molecule has 2 rings (SSSR count). The predicted molar refractivity (Wildman–Crippen MR) is 81.2 cm³/mol. The maximum Gasteiger partial charge on any atom is 0.237 e. The topological polar surface area (TPSA) is 110 Å². The van der Waals surface area contributed by atoms with E-state index in [1.807, 2.05) is 20.8 Å². The van der Waals surface area contributed by atoms with Crippen molar-refractivity contribution >= 4 is 11.8 Å². The molecule has 2 fully saturated rings. The molecule has 4 unspecified atom stereocenters. The normalized spacial score (nSPS) is 37.6. The summed E-state index contributed by atoms with van der Waals surface area (Å²) in [6.45, 7) is 5.89. The van der Waals surface area contributed by atoms with E-state index in [9.17, 15) is 9.59 Å². The van der Waals surface area contributed by atoms with E-state index in [2.05, 4.69) is 10.6 Å². The Hall–Kier alpha value is -1.14. The van der Waals surface area contributed by atoms with Crippen molar-refractivity contribution in [2.45, 2.75) is 64.2 Å². The summed E-state index contributed by atoms with van der Waals surface area (Å²) in [5, 5.41) is 6.04.